The molecule has 0 aliphatic carbocycles. The summed E-state index contributed by atoms with van der Waals surface area (Å²) in [4.78, 5) is 0. The molecular formula is C12H15ClO2. The molecule has 1 rings (SSSR count). The molecule has 0 saturated heterocycles. The summed E-state index contributed by atoms with van der Waals surface area (Å²) in [6.07, 6.45) is 1.55. The second-order valence-corrected chi connectivity index (χ2v) is 3.73. The highest BCUT2D eigenvalue weighted by atomic mass is 35.5. The van der Waals surface area contributed by atoms with Crippen molar-refractivity contribution in [3.05, 3.63) is 35.4 Å². The molecule has 82 valence electrons. The van der Waals surface area contributed by atoms with Crippen molar-refractivity contribution in [1.82, 2.24) is 0 Å². The topological polar surface area (TPSA) is 18.5 Å². The Hall–Kier alpha value is -1.15. The predicted molar refractivity (Wildman–Crippen MR) is 62.9 cm³/mol. The van der Waals surface area contributed by atoms with Gasteiger partial charge in [-0.1, -0.05) is 18.2 Å². The fraction of sp³-hybridized carbons (Fsp3) is 0.333. The molecule has 0 unspecified atom stereocenters. The molecule has 0 aromatic heterocycles. The maximum Gasteiger partial charge on any atom is 0.122 e. The largest absolute Gasteiger partial charge is 0.497 e. The van der Waals surface area contributed by atoms with Crippen LogP contribution in [0.2, 0.25) is 0 Å². The third-order valence-corrected chi connectivity index (χ3v) is 2.34. The Morgan fingerprint density at radius 1 is 1.33 bits per heavy atom. The molecule has 1 aromatic carbocycles. The molecule has 1 aromatic rings. The van der Waals surface area contributed by atoms with Crippen molar-refractivity contribution < 1.29 is 9.47 Å². The molecule has 2 nitrogen and oxygen atoms in total. The van der Waals surface area contributed by atoms with E-state index in [0.29, 0.717) is 5.03 Å². The Morgan fingerprint density at radius 2 is 2.07 bits per heavy atom. The van der Waals surface area contributed by atoms with Gasteiger partial charge in [-0.05, 0) is 36.6 Å². The van der Waals surface area contributed by atoms with Gasteiger partial charge in [-0.15, -0.1) is 0 Å². The molecule has 0 heterocycles. The van der Waals surface area contributed by atoms with Crippen molar-refractivity contribution in [3.8, 4) is 11.5 Å². The smallest absolute Gasteiger partial charge is 0.122 e. The van der Waals surface area contributed by atoms with E-state index < -0.39 is 0 Å². The Labute approximate surface area is 95.5 Å². The second kappa shape index (κ2) is 5.66. The Kier molecular flexibility index (Phi) is 4.50. The lowest BCUT2D eigenvalue weighted by atomic mass is 10.1. The zero-order chi connectivity index (χ0) is 11.3. The molecule has 15 heavy (non-hydrogen) atoms. The van der Waals surface area contributed by atoms with Crippen molar-refractivity contribution >= 4 is 11.6 Å². The summed E-state index contributed by atoms with van der Waals surface area (Å²) in [6, 6.07) is 5.72. The van der Waals surface area contributed by atoms with E-state index >= 15 is 0 Å². The van der Waals surface area contributed by atoms with Crippen LogP contribution in [0.25, 0.3) is 0 Å². The summed E-state index contributed by atoms with van der Waals surface area (Å²) in [5.41, 5.74) is 1.08. The van der Waals surface area contributed by atoms with Gasteiger partial charge in [0.2, 0.25) is 0 Å². The zero-order valence-electron chi connectivity index (χ0n) is 9.05. The van der Waals surface area contributed by atoms with Crippen LogP contribution in [-0.4, -0.2) is 14.2 Å². The van der Waals surface area contributed by atoms with Crippen LogP contribution in [0, 0.1) is 0 Å². The number of allylic oxidation sites excluding steroid dienone is 1. The Morgan fingerprint density at radius 3 is 2.60 bits per heavy atom. The summed E-state index contributed by atoms with van der Waals surface area (Å²) >= 11 is 5.73. The van der Waals surface area contributed by atoms with E-state index in [4.69, 9.17) is 21.1 Å². The van der Waals surface area contributed by atoms with Crippen molar-refractivity contribution in [3.63, 3.8) is 0 Å². The minimum atomic E-state index is 0.653. The maximum atomic E-state index is 5.73. The number of ether oxygens (including phenoxy) is 2. The molecule has 0 saturated carbocycles. The van der Waals surface area contributed by atoms with E-state index in [0.717, 1.165) is 29.9 Å². The molecule has 0 spiro atoms. The Balaban J connectivity index is 2.85. The van der Waals surface area contributed by atoms with Crippen LogP contribution in [-0.2, 0) is 6.42 Å². The summed E-state index contributed by atoms with van der Waals surface area (Å²) in [5, 5.41) is 0.653. The van der Waals surface area contributed by atoms with Gasteiger partial charge in [-0.3, -0.25) is 0 Å². The standard InChI is InChI=1S/C12H15ClO2/c1-9(13)4-5-10-8-11(14-2)6-7-12(10)15-3/h6-8H,1,4-5H2,2-3H3. The third-order valence-electron chi connectivity index (χ3n) is 2.15. The van der Waals surface area contributed by atoms with E-state index in [2.05, 4.69) is 6.58 Å². The van der Waals surface area contributed by atoms with Crippen LogP contribution >= 0.6 is 11.6 Å². The normalized spacial score (nSPS) is 9.80. The highest BCUT2D eigenvalue weighted by Crippen LogP contribution is 2.26. The lowest BCUT2D eigenvalue weighted by Gasteiger charge is -2.09. The van der Waals surface area contributed by atoms with E-state index in [1.807, 2.05) is 18.2 Å². The van der Waals surface area contributed by atoms with E-state index in [1.54, 1.807) is 14.2 Å². The molecule has 0 fully saturated rings. The summed E-state index contributed by atoms with van der Waals surface area (Å²) in [6.45, 7) is 3.66. The SMILES string of the molecule is C=C(Cl)CCc1cc(OC)ccc1OC. The molecule has 0 radical (unpaired) electrons. The van der Waals surface area contributed by atoms with Crippen LogP contribution in [0.15, 0.2) is 29.8 Å². The van der Waals surface area contributed by atoms with Gasteiger partial charge in [0.05, 0.1) is 14.2 Å². The highest BCUT2D eigenvalue weighted by Gasteiger charge is 2.05. The number of halogens is 1. The lowest BCUT2D eigenvalue weighted by Crippen LogP contribution is -1.94. The van der Waals surface area contributed by atoms with Crippen LogP contribution in [0.3, 0.4) is 0 Å². The van der Waals surface area contributed by atoms with Gasteiger partial charge >= 0.3 is 0 Å². The predicted octanol–water partition coefficient (Wildman–Crippen LogP) is 3.39. The van der Waals surface area contributed by atoms with Gasteiger partial charge in [0.15, 0.2) is 0 Å². The minimum absolute atomic E-state index is 0.653. The van der Waals surface area contributed by atoms with Gasteiger partial charge < -0.3 is 9.47 Å². The highest BCUT2D eigenvalue weighted by molar-refractivity contribution is 6.29. The number of methoxy groups -OCH3 is 2. The quantitative estimate of drug-likeness (QED) is 0.766. The van der Waals surface area contributed by atoms with Gasteiger partial charge in [-0.25, -0.2) is 0 Å². The molecule has 0 amide bonds. The number of benzene rings is 1. The Bertz CT molecular complexity index is 347. The first kappa shape index (κ1) is 11.9. The summed E-state index contributed by atoms with van der Waals surface area (Å²) < 4.78 is 10.4. The van der Waals surface area contributed by atoms with Crippen LogP contribution < -0.4 is 9.47 Å². The summed E-state index contributed by atoms with van der Waals surface area (Å²) in [5.74, 6) is 1.68. The number of hydrogen-bond donors (Lipinski definition) is 0. The van der Waals surface area contributed by atoms with Gasteiger partial charge in [0.25, 0.3) is 0 Å². The van der Waals surface area contributed by atoms with Crippen LogP contribution in [0.4, 0.5) is 0 Å². The second-order valence-electron chi connectivity index (χ2n) is 3.20. The van der Waals surface area contributed by atoms with Crippen molar-refractivity contribution in [2.45, 2.75) is 12.8 Å². The van der Waals surface area contributed by atoms with Crippen molar-refractivity contribution in [2.24, 2.45) is 0 Å². The molecule has 0 aliphatic heterocycles. The maximum absolute atomic E-state index is 5.73. The van der Waals surface area contributed by atoms with Crippen molar-refractivity contribution in [2.75, 3.05) is 14.2 Å². The third kappa shape index (κ3) is 3.48. The molecular weight excluding hydrogens is 212 g/mol. The minimum Gasteiger partial charge on any atom is -0.497 e. The fourth-order valence-corrected chi connectivity index (χ4v) is 1.44. The molecule has 0 aliphatic rings. The van der Waals surface area contributed by atoms with E-state index in [9.17, 15) is 0 Å². The average molecular weight is 227 g/mol. The molecule has 0 N–H and O–H groups in total. The first-order valence-corrected chi connectivity index (χ1v) is 5.09. The first-order valence-electron chi connectivity index (χ1n) is 4.71. The van der Waals surface area contributed by atoms with Gasteiger partial charge in [-0.2, -0.15) is 0 Å². The lowest BCUT2D eigenvalue weighted by molar-refractivity contribution is 0.398. The number of hydrogen-bond acceptors (Lipinski definition) is 2. The molecule has 0 bridgehead atoms. The van der Waals surface area contributed by atoms with E-state index in [-0.39, 0.29) is 0 Å². The zero-order valence-corrected chi connectivity index (χ0v) is 9.80. The van der Waals surface area contributed by atoms with Crippen LogP contribution in [0.1, 0.15) is 12.0 Å². The summed E-state index contributed by atoms with van der Waals surface area (Å²) in [7, 11) is 3.30. The number of rotatable bonds is 5. The van der Waals surface area contributed by atoms with Crippen LogP contribution in [0.5, 0.6) is 11.5 Å². The van der Waals surface area contributed by atoms with Gasteiger partial charge in [0, 0.05) is 5.03 Å². The fourth-order valence-electron chi connectivity index (χ4n) is 1.35. The monoisotopic (exact) mass is 226 g/mol. The van der Waals surface area contributed by atoms with Crippen molar-refractivity contribution in [1.29, 1.82) is 0 Å². The molecule has 0 atom stereocenters. The van der Waals surface area contributed by atoms with E-state index in [1.165, 1.54) is 0 Å². The molecule has 3 heteroatoms. The first-order chi connectivity index (χ1) is 7.17. The van der Waals surface area contributed by atoms with Gasteiger partial charge in [0.1, 0.15) is 11.5 Å². The number of aryl methyl sites for hydroxylation is 1. The average Bonchev–Trinajstić information content (AvgIpc) is 2.25.